The van der Waals surface area contributed by atoms with Gasteiger partial charge in [0.05, 0.1) is 13.5 Å². The molecule has 0 saturated heterocycles. The van der Waals surface area contributed by atoms with E-state index in [9.17, 15) is 9.59 Å². The number of methoxy groups -OCH3 is 1. The van der Waals surface area contributed by atoms with Gasteiger partial charge >= 0.3 is 0 Å². The third-order valence-corrected chi connectivity index (χ3v) is 6.97. The van der Waals surface area contributed by atoms with E-state index in [0.29, 0.717) is 12.3 Å². The summed E-state index contributed by atoms with van der Waals surface area (Å²) in [5.41, 5.74) is 1.74. The van der Waals surface area contributed by atoms with E-state index in [4.69, 9.17) is 4.74 Å². The zero-order valence-corrected chi connectivity index (χ0v) is 19.7. The van der Waals surface area contributed by atoms with E-state index in [1.165, 1.54) is 0 Å². The fourth-order valence-electron chi connectivity index (χ4n) is 4.40. The van der Waals surface area contributed by atoms with Crippen molar-refractivity contribution >= 4 is 23.2 Å². The van der Waals surface area contributed by atoms with Gasteiger partial charge < -0.3 is 15.0 Å². The topological polar surface area (TPSA) is 58.6 Å². The third kappa shape index (κ3) is 6.02. The van der Waals surface area contributed by atoms with Crippen molar-refractivity contribution in [3.8, 4) is 5.75 Å². The SMILES string of the molecule is COc1cccc([C@H](C(=O)NC2CCCC2)N(Cc2ccccc2)C(=O)Cc2cccs2)c1. The molecule has 0 unspecified atom stereocenters. The Hall–Kier alpha value is -3.12. The Morgan fingerprint density at radius 3 is 2.55 bits per heavy atom. The van der Waals surface area contributed by atoms with Crippen LogP contribution in [0.3, 0.4) is 0 Å². The maximum atomic E-state index is 13.7. The van der Waals surface area contributed by atoms with Gasteiger partial charge in [-0.15, -0.1) is 11.3 Å². The molecular weight excluding hydrogens is 432 g/mol. The predicted molar refractivity (Wildman–Crippen MR) is 131 cm³/mol. The molecule has 0 aliphatic heterocycles. The Bertz CT molecular complexity index is 1050. The van der Waals surface area contributed by atoms with Crippen molar-refractivity contribution in [2.75, 3.05) is 7.11 Å². The second-order valence-corrected chi connectivity index (χ2v) is 9.46. The average Bonchev–Trinajstić information content (AvgIpc) is 3.54. The van der Waals surface area contributed by atoms with Gasteiger partial charge in [0.25, 0.3) is 0 Å². The number of carbonyl (C=O) groups is 2. The molecule has 0 spiro atoms. The lowest BCUT2D eigenvalue weighted by Crippen LogP contribution is -2.46. The number of thiophene rings is 1. The van der Waals surface area contributed by atoms with E-state index in [1.54, 1.807) is 23.3 Å². The molecule has 0 bridgehead atoms. The minimum Gasteiger partial charge on any atom is -0.497 e. The van der Waals surface area contributed by atoms with Gasteiger partial charge in [-0.1, -0.05) is 61.4 Å². The molecule has 1 heterocycles. The molecule has 1 aliphatic rings. The molecule has 0 radical (unpaired) electrons. The monoisotopic (exact) mass is 462 g/mol. The zero-order chi connectivity index (χ0) is 23.0. The van der Waals surface area contributed by atoms with Crippen molar-refractivity contribution in [2.24, 2.45) is 0 Å². The van der Waals surface area contributed by atoms with Gasteiger partial charge in [0, 0.05) is 17.5 Å². The van der Waals surface area contributed by atoms with Gasteiger partial charge in [-0.25, -0.2) is 0 Å². The van der Waals surface area contributed by atoms with Crippen LogP contribution in [0.25, 0.3) is 0 Å². The maximum Gasteiger partial charge on any atom is 0.247 e. The number of nitrogens with zero attached hydrogens (tertiary/aromatic N) is 1. The maximum absolute atomic E-state index is 13.7. The normalized spacial score (nSPS) is 14.6. The van der Waals surface area contributed by atoms with Crippen molar-refractivity contribution in [3.63, 3.8) is 0 Å². The van der Waals surface area contributed by atoms with E-state index in [2.05, 4.69) is 5.32 Å². The van der Waals surface area contributed by atoms with E-state index in [0.717, 1.165) is 41.7 Å². The molecule has 1 saturated carbocycles. The summed E-state index contributed by atoms with van der Waals surface area (Å²) >= 11 is 1.56. The molecular formula is C27H30N2O3S. The van der Waals surface area contributed by atoms with Crippen LogP contribution in [-0.2, 0) is 22.6 Å². The minimum atomic E-state index is -0.742. The summed E-state index contributed by atoms with van der Waals surface area (Å²) in [6.45, 7) is 0.352. The van der Waals surface area contributed by atoms with Crippen LogP contribution in [-0.4, -0.2) is 29.9 Å². The average molecular weight is 463 g/mol. The first kappa shape index (κ1) is 23.1. The molecule has 1 aliphatic carbocycles. The first-order chi connectivity index (χ1) is 16.1. The fraction of sp³-hybridized carbons (Fsp3) is 0.333. The number of nitrogens with one attached hydrogen (secondary N) is 1. The van der Waals surface area contributed by atoms with Crippen LogP contribution >= 0.6 is 11.3 Å². The summed E-state index contributed by atoms with van der Waals surface area (Å²) < 4.78 is 5.43. The Kier molecular flexibility index (Phi) is 7.79. The molecule has 1 aromatic heterocycles. The zero-order valence-electron chi connectivity index (χ0n) is 18.9. The minimum absolute atomic E-state index is 0.0734. The van der Waals surface area contributed by atoms with Crippen molar-refractivity contribution in [1.82, 2.24) is 10.2 Å². The standard InChI is InChI=1S/C27H30N2O3S/c1-32-23-14-7-11-21(17-23)26(27(31)28-22-12-5-6-13-22)29(19-20-9-3-2-4-10-20)25(30)18-24-15-8-16-33-24/h2-4,7-11,14-17,22,26H,5-6,12-13,18-19H2,1H3,(H,28,31)/t26-/m1/s1. The highest BCUT2D eigenvalue weighted by Crippen LogP contribution is 2.29. The first-order valence-corrected chi connectivity index (χ1v) is 12.3. The molecule has 6 heteroatoms. The van der Waals surface area contributed by atoms with Crippen molar-refractivity contribution in [2.45, 2.75) is 50.7 Å². The highest BCUT2D eigenvalue weighted by atomic mass is 32.1. The Labute approximate surface area is 199 Å². The summed E-state index contributed by atoms with van der Waals surface area (Å²) in [5.74, 6) is 0.456. The number of ether oxygens (including phenoxy) is 1. The number of hydrogen-bond donors (Lipinski definition) is 1. The van der Waals surface area contributed by atoms with Gasteiger partial charge in [0.15, 0.2) is 0 Å². The van der Waals surface area contributed by atoms with Crippen LogP contribution in [0.2, 0.25) is 0 Å². The highest BCUT2D eigenvalue weighted by molar-refractivity contribution is 7.10. The van der Waals surface area contributed by atoms with Crippen LogP contribution in [0.4, 0.5) is 0 Å². The van der Waals surface area contributed by atoms with E-state index >= 15 is 0 Å². The lowest BCUT2D eigenvalue weighted by Gasteiger charge is -2.32. The molecule has 33 heavy (non-hydrogen) atoms. The molecule has 5 nitrogen and oxygen atoms in total. The predicted octanol–water partition coefficient (Wildman–Crippen LogP) is 5.13. The van der Waals surface area contributed by atoms with Crippen LogP contribution in [0.5, 0.6) is 5.75 Å². The quantitative estimate of drug-likeness (QED) is 0.480. The molecule has 172 valence electrons. The molecule has 1 fully saturated rings. The van der Waals surface area contributed by atoms with Crippen LogP contribution < -0.4 is 10.1 Å². The second kappa shape index (κ2) is 11.1. The number of hydrogen-bond acceptors (Lipinski definition) is 4. The Balaban J connectivity index is 1.71. The summed E-state index contributed by atoms with van der Waals surface area (Å²) in [5, 5.41) is 5.19. The highest BCUT2D eigenvalue weighted by Gasteiger charge is 2.33. The van der Waals surface area contributed by atoms with E-state index in [-0.39, 0.29) is 24.3 Å². The van der Waals surface area contributed by atoms with Gasteiger partial charge in [-0.3, -0.25) is 9.59 Å². The summed E-state index contributed by atoms with van der Waals surface area (Å²) in [4.78, 5) is 30.0. The molecule has 4 rings (SSSR count). The summed E-state index contributed by atoms with van der Waals surface area (Å²) in [7, 11) is 1.61. The second-order valence-electron chi connectivity index (χ2n) is 8.43. The van der Waals surface area contributed by atoms with Crippen molar-refractivity contribution in [1.29, 1.82) is 0 Å². The van der Waals surface area contributed by atoms with Gasteiger partial charge in [-0.2, -0.15) is 0 Å². The Morgan fingerprint density at radius 2 is 1.85 bits per heavy atom. The first-order valence-electron chi connectivity index (χ1n) is 11.4. The van der Waals surface area contributed by atoms with Gasteiger partial charge in [0.1, 0.15) is 11.8 Å². The fourth-order valence-corrected chi connectivity index (χ4v) is 5.10. The van der Waals surface area contributed by atoms with E-state index < -0.39 is 6.04 Å². The number of carbonyl (C=O) groups excluding carboxylic acids is 2. The molecule has 3 aromatic rings. The van der Waals surface area contributed by atoms with Crippen molar-refractivity contribution in [3.05, 3.63) is 88.1 Å². The number of benzene rings is 2. The van der Waals surface area contributed by atoms with Crippen LogP contribution in [0, 0.1) is 0 Å². The van der Waals surface area contributed by atoms with Gasteiger partial charge in [-0.05, 0) is 47.5 Å². The molecule has 2 amide bonds. The smallest absolute Gasteiger partial charge is 0.247 e. The van der Waals surface area contributed by atoms with Crippen LogP contribution in [0.15, 0.2) is 72.1 Å². The lowest BCUT2D eigenvalue weighted by atomic mass is 10.0. The summed E-state index contributed by atoms with van der Waals surface area (Å²) in [6, 6.07) is 20.6. The molecule has 2 aromatic carbocycles. The Morgan fingerprint density at radius 1 is 1.06 bits per heavy atom. The third-order valence-electron chi connectivity index (χ3n) is 6.09. The number of amides is 2. The molecule has 1 N–H and O–H groups in total. The summed E-state index contributed by atoms with van der Waals surface area (Å²) in [6.07, 6.45) is 4.48. The number of rotatable bonds is 9. The van der Waals surface area contributed by atoms with Crippen LogP contribution in [0.1, 0.15) is 47.7 Å². The largest absolute Gasteiger partial charge is 0.497 e. The van der Waals surface area contributed by atoms with E-state index in [1.807, 2.05) is 72.1 Å². The lowest BCUT2D eigenvalue weighted by molar-refractivity contribution is -0.141. The van der Waals surface area contributed by atoms with Crippen molar-refractivity contribution < 1.29 is 14.3 Å². The van der Waals surface area contributed by atoms with Gasteiger partial charge in [0.2, 0.25) is 11.8 Å². The molecule has 1 atom stereocenters.